The van der Waals surface area contributed by atoms with Crippen LogP contribution in [-0.2, 0) is 0 Å². The SMILES string of the molecule is CSc1cc(-c2ccc(C)cc2)nc(N)n1. The highest BCUT2D eigenvalue weighted by atomic mass is 32.2. The molecule has 1 heterocycles. The van der Waals surface area contributed by atoms with Crippen molar-refractivity contribution >= 4 is 17.7 Å². The van der Waals surface area contributed by atoms with Crippen LogP contribution in [0.4, 0.5) is 5.95 Å². The van der Waals surface area contributed by atoms with Crippen LogP contribution < -0.4 is 5.73 Å². The van der Waals surface area contributed by atoms with Gasteiger partial charge in [0, 0.05) is 5.56 Å². The fraction of sp³-hybridized carbons (Fsp3) is 0.167. The molecule has 0 bridgehead atoms. The molecule has 2 N–H and O–H groups in total. The molecule has 16 heavy (non-hydrogen) atoms. The van der Waals surface area contributed by atoms with E-state index in [9.17, 15) is 0 Å². The van der Waals surface area contributed by atoms with Crippen molar-refractivity contribution in [3.8, 4) is 11.3 Å². The first-order valence-electron chi connectivity index (χ1n) is 4.94. The summed E-state index contributed by atoms with van der Waals surface area (Å²) in [6.45, 7) is 2.06. The summed E-state index contributed by atoms with van der Waals surface area (Å²) in [5.74, 6) is 0.322. The highest BCUT2D eigenvalue weighted by Gasteiger charge is 2.03. The molecule has 4 heteroatoms. The minimum atomic E-state index is 0.322. The molecular weight excluding hydrogens is 218 g/mol. The molecule has 0 aliphatic carbocycles. The number of hydrogen-bond donors (Lipinski definition) is 1. The van der Waals surface area contributed by atoms with Gasteiger partial charge in [-0.05, 0) is 19.2 Å². The lowest BCUT2D eigenvalue weighted by molar-refractivity contribution is 1.07. The Bertz CT molecular complexity index is 494. The Kier molecular flexibility index (Phi) is 3.10. The summed E-state index contributed by atoms with van der Waals surface area (Å²) >= 11 is 1.56. The summed E-state index contributed by atoms with van der Waals surface area (Å²) in [5, 5.41) is 0.892. The van der Waals surface area contributed by atoms with E-state index in [0.29, 0.717) is 5.95 Å². The number of nitrogens with two attached hydrogens (primary N) is 1. The van der Waals surface area contributed by atoms with Crippen LogP contribution in [0.5, 0.6) is 0 Å². The van der Waals surface area contributed by atoms with Crippen LogP contribution in [0.25, 0.3) is 11.3 Å². The van der Waals surface area contributed by atoms with Crippen LogP contribution in [0.3, 0.4) is 0 Å². The van der Waals surface area contributed by atoms with E-state index in [1.807, 2.05) is 24.5 Å². The largest absolute Gasteiger partial charge is 0.368 e. The van der Waals surface area contributed by atoms with E-state index in [2.05, 4.69) is 29.0 Å². The second-order valence-electron chi connectivity index (χ2n) is 3.52. The minimum Gasteiger partial charge on any atom is -0.368 e. The fourth-order valence-corrected chi connectivity index (χ4v) is 1.83. The van der Waals surface area contributed by atoms with Crippen molar-refractivity contribution in [3.63, 3.8) is 0 Å². The Morgan fingerprint density at radius 2 is 1.81 bits per heavy atom. The van der Waals surface area contributed by atoms with E-state index in [-0.39, 0.29) is 0 Å². The van der Waals surface area contributed by atoms with Crippen LogP contribution in [-0.4, -0.2) is 16.2 Å². The molecule has 0 aliphatic rings. The van der Waals surface area contributed by atoms with Gasteiger partial charge in [-0.15, -0.1) is 11.8 Å². The molecule has 0 spiro atoms. The van der Waals surface area contributed by atoms with Gasteiger partial charge in [-0.1, -0.05) is 29.8 Å². The van der Waals surface area contributed by atoms with E-state index < -0.39 is 0 Å². The van der Waals surface area contributed by atoms with E-state index in [4.69, 9.17) is 5.73 Å². The molecule has 0 unspecified atom stereocenters. The molecule has 0 saturated heterocycles. The number of benzene rings is 1. The average Bonchev–Trinajstić information content (AvgIpc) is 2.29. The Labute approximate surface area is 99.1 Å². The monoisotopic (exact) mass is 231 g/mol. The summed E-state index contributed by atoms with van der Waals surface area (Å²) < 4.78 is 0. The van der Waals surface area contributed by atoms with Gasteiger partial charge in [0.25, 0.3) is 0 Å². The van der Waals surface area contributed by atoms with Gasteiger partial charge in [-0.25, -0.2) is 9.97 Å². The van der Waals surface area contributed by atoms with Gasteiger partial charge in [0.05, 0.1) is 5.69 Å². The predicted octanol–water partition coefficient (Wildman–Crippen LogP) is 2.76. The topological polar surface area (TPSA) is 51.8 Å². The molecule has 0 fully saturated rings. The minimum absolute atomic E-state index is 0.322. The number of anilines is 1. The van der Waals surface area contributed by atoms with Gasteiger partial charge < -0.3 is 5.73 Å². The summed E-state index contributed by atoms with van der Waals surface area (Å²) in [5.41, 5.74) is 8.84. The van der Waals surface area contributed by atoms with Gasteiger partial charge in [0.2, 0.25) is 5.95 Å². The van der Waals surface area contributed by atoms with Crippen molar-refractivity contribution in [2.75, 3.05) is 12.0 Å². The van der Waals surface area contributed by atoms with E-state index in [0.717, 1.165) is 16.3 Å². The maximum atomic E-state index is 5.67. The van der Waals surface area contributed by atoms with Crippen LogP contribution >= 0.6 is 11.8 Å². The van der Waals surface area contributed by atoms with Gasteiger partial charge in [-0.3, -0.25) is 0 Å². The summed E-state index contributed by atoms with van der Waals surface area (Å²) in [6.07, 6.45) is 1.97. The molecule has 1 aromatic heterocycles. The lowest BCUT2D eigenvalue weighted by Crippen LogP contribution is -1.97. The summed E-state index contributed by atoms with van der Waals surface area (Å²) in [6, 6.07) is 10.2. The molecule has 0 saturated carbocycles. The zero-order valence-electron chi connectivity index (χ0n) is 9.27. The molecule has 1 aromatic carbocycles. The molecule has 2 aromatic rings. The lowest BCUT2D eigenvalue weighted by Gasteiger charge is -2.04. The molecule has 0 atom stereocenters. The Balaban J connectivity index is 2.47. The van der Waals surface area contributed by atoms with Crippen molar-refractivity contribution < 1.29 is 0 Å². The number of nitrogen functional groups attached to an aromatic ring is 1. The molecular formula is C12H13N3S. The number of rotatable bonds is 2. The standard InChI is InChI=1S/C12H13N3S/c1-8-3-5-9(6-4-8)10-7-11(16-2)15-12(13)14-10/h3-7H,1-2H3,(H2,13,14,15). The highest BCUT2D eigenvalue weighted by molar-refractivity contribution is 7.98. The molecule has 0 aliphatic heterocycles. The maximum Gasteiger partial charge on any atom is 0.221 e. The maximum absolute atomic E-state index is 5.67. The third-order valence-corrected chi connectivity index (χ3v) is 2.90. The van der Waals surface area contributed by atoms with Crippen LogP contribution in [0.15, 0.2) is 35.4 Å². The van der Waals surface area contributed by atoms with Gasteiger partial charge in [0.15, 0.2) is 0 Å². The number of thioether (sulfide) groups is 1. The number of aromatic nitrogens is 2. The second-order valence-corrected chi connectivity index (χ2v) is 4.35. The first-order chi connectivity index (χ1) is 7.69. The van der Waals surface area contributed by atoms with Gasteiger partial charge in [-0.2, -0.15) is 0 Å². The zero-order valence-corrected chi connectivity index (χ0v) is 10.1. The Morgan fingerprint density at radius 1 is 1.12 bits per heavy atom. The van der Waals surface area contributed by atoms with Crippen molar-refractivity contribution in [2.24, 2.45) is 0 Å². The van der Waals surface area contributed by atoms with Crippen LogP contribution in [0.2, 0.25) is 0 Å². The zero-order chi connectivity index (χ0) is 11.5. The third-order valence-electron chi connectivity index (χ3n) is 2.28. The average molecular weight is 231 g/mol. The number of nitrogens with zero attached hydrogens (tertiary/aromatic N) is 2. The molecule has 0 radical (unpaired) electrons. The van der Waals surface area contributed by atoms with Gasteiger partial charge >= 0.3 is 0 Å². The van der Waals surface area contributed by atoms with E-state index >= 15 is 0 Å². The number of hydrogen-bond acceptors (Lipinski definition) is 4. The molecule has 0 amide bonds. The lowest BCUT2D eigenvalue weighted by atomic mass is 10.1. The molecule has 2 rings (SSSR count). The van der Waals surface area contributed by atoms with Crippen molar-refractivity contribution in [1.29, 1.82) is 0 Å². The first-order valence-corrected chi connectivity index (χ1v) is 6.17. The predicted molar refractivity (Wildman–Crippen MR) is 68.4 cm³/mol. The van der Waals surface area contributed by atoms with E-state index in [1.165, 1.54) is 5.56 Å². The normalized spacial score (nSPS) is 10.4. The molecule has 3 nitrogen and oxygen atoms in total. The second kappa shape index (κ2) is 4.53. The fourth-order valence-electron chi connectivity index (χ4n) is 1.42. The smallest absolute Gasteiger partial charge is 0.221 e. The highest BCUT2D eigenvalue weighted by Crippen LogP contribution is 2.22. The Morgan fingerprint density at radius 3 is 2.44 bits per heavy atom. The summed E-state index contributed by atoms with van der Waals surface area (Å²) in [4.78, 5) is 8.36. The van der Waals surface area contributed by atoms with E-state index in [1.54, 1.807) is 11.8 Å². The van der Waals surface area contributed by atoms with Crippen molar-refractivity contribution in [1.82, 2.24) is 9.97 Å². The van der Waals surface area contributed by atoms with Crippen molar-refractivity contribution in [3.05, 3.63) is 35.9 Å². The van der Waals surface area contributed by atoms with Gasteiger partial charge in [0.1, 0.15) is 5.03 Å². The molecule has 82 valence electrons. The number of aryl methyl sites for hydroxylation is 1. The third kappa shape index (κ3) is 2.33. The van der Waals surface area contributed by atoms with Crippen molar-refractivity contribution in [2.45, 2.75) is 11.9 Å². The van der Waals surface area contributed by atoms with Crippen LogP contribution in [0.1, 0.15) is 5.56 Å². The first kappa shape index (κ1) is 11.0. The quantitative estimate of drug-likeness (QED) is 0.638. The Hall–Kier alpha value is -1.55. The summed E-state index contributed by atoms with van der Waals surface area (Å²) in [7, 11) is 0. The van der Waals surface area contributed by atoms with Crippen LogP contribution in [0, 0.1) is 6.92 Å².